The van der Waals surface area contributed by atoms with Gasteiger partial charge in [0.15, 0.2) is 0 Å². The zero-order valence-electron chi connectivity index (χ0n) is 10.7. The summed E-state index contributed by atoms with van der Waals surface area (Å²) in [5.41, 5.74) is 6.18. The fraction of sp³-hybridized carbons (Fsp3) is 0.385. The van der Waals surface area contributed by atoms with Gasteiger partial charge in [0.1, 0.15) is 11.6 Å². The maximum Gasteiger partial charge on any atom is 0.328 e. The Bertz CT molecular complexity index is 452. The molecule has 1 unspecified atom stereocenters. The maximum absolute atomic E-state index is 11.8. The molecule has 1 rings (SSSR count). The molecule has 0 radical (unpaired) electrons. The molecule has 18 heavy (non-hydrogen) atoms. The highest BCUT2D eigenvalue weighted by Gasteiger charge is 2.31. The number of nitrogens with two attached hydrogens (primary N) is 1. The van der Waals surface area contributed by atoms with Crippen LogP contribution >= 0.6 is 0 Å². The molecule has 1 aromatic carbocycles. The third kappa shape index (κ3) is 3.30. The fourth-order valence-corrected chi connectivity index (χ4v) is 1.36. The Morgan fingerprint density at radius 1 is 1.28 bits per heavy atom. The topological polar surface area (TPSA) is 92.4 Å². The Balaban J connectivity index is 2.79. The van der Waals surface area contributed by atoms with Crippen LogP contribution in [-0.2, 0) is 9.59 Å². The number of hydrogen-bond donors (Lipinski definition) is 3. The Morgan fingerprint density at radius 2 is 1.78 bits per heavy atom. The first-order chi connectivity index (χ1) is 8.24. The zero-order chi connectivity index (χ0) is 13.9. The third-order valence-corrected chi connectivity index (χ3v) is 2.69. The summed E-state index contributed by atoms with van der Waals surface area (Å²) in [6, 6.07) is 6.35. The van der Waals surface area contributed by atoms with Crippen LogP contribution in [0.2, 0.25) is 0 Å². The van der Waals surface area contributed by atoms with E-state index < -0.39 is 23.5 Å². The Hall–Kier alpha value is -1.88. The Morgan fingerprint density at radius 3 is 2.22 bits per heavy atom. The second kappa shape index (κ2) is 5.18. The summed E-state index contributed by atoms with van der Waals surface area (Å²) in [6.07, 6.45) is 0. The predicted octanol–water partition coefficient (Wildman–Crippen LogP) is 0.974. The first-order valence-corrected chi connectivity index (χ1v) is 5.61. The average Bonchev–Trinajstić information content (AvgIpc) is 2.28. The number of amides is 1. The number of benzene rings is 1. The van der Waals surface area contributed by atoms with Crippen LogP contribution < -0.4 is 11.1 Å². The van der Waals surface area contributed by atoms with Crippen LogP contribution in [0.3, 0.4) is 0 Å². The van der Waals surface area contributed by atoms with Crippen molar-refractivity contribution < 1.29 is 14.7 Å². The molecular weight excluding hydrogens is 232 g/mol. The van der Waals surface area contributed by atoms with Gasteiger partial charge >= 0.3 is 5.97 Å². The molecule has 0 fully saturated rings. The number of aliphatic carboxylic acids is 1. The van der Waals surface area contributed by atoms with Gasteiger partial charge in [0.2, 0.25) is 5.91 Å². The van der Waals surface area contributed by atoms with Crippen molar-refractivity contribution in [3.8, 4) is 0 Å². The van der Waals surface area contributed by atoms with Crippen molar-refractivity contribution in [3.05, 3.63) is 35.4 Å². The summed E-state index contributed by atoms with van der Waals surface area (Å²) in [5, 5.41) is 11.3. The molecule has 0 aromatic heterocycles. The molecule has 0 spiro atoms. The molecule has 0 aliphatic rings. The number of nitrogens with one attached hydrogen (secondary N) is 1. The number of rotatable bonds is 4. The van der Waals surface area contributed by atoms with E-state index in [1.54, 1.807) is 12.1 Å². The maximum atomic E-state index is 11.8. The molecule has 0 aliphatic heterocycles. The number of aryl methyl sites for hydroxylation is 1. The van der Waals surface area contributed by atoms with Crippen molar-refractivity contribution in [2.75, 3.05) is 0 Å². The molecule has 0 saturated carbocycles. The first-order valence-electron chi connectivity index (χ1n) is 5.61. The summed E-state index contributed by atoms with van der Waals surface area (Å²) >= 11 is 0. The zero-order valence-corrected chi connectivity index (χ0v) is 10.7. The van der Waals surface area contributed by atoms with Crippen LogP contribution in [0.15, 0.2) is 24.3 Å². The second-order valence-corrected chi connectivity index (χ2v) is 4.81. The highest BCUT2D eigenvalue weighted by molar-refractivity contribution is 5.89. The van der Waals surface area contributed by atoms with Gasteiger partial charge in [-0.3, -0.25) is 4.79 Å². The molecule has 0 saturated heterocycles. The molecule has 0 bridgehead atoms. The van der Waals surface area contributed by atoms with E-state index in [9.17, 15) is 9.59 Å². The van der Waals surface area contributed by atoms with Crippen molar-refractivity contribution in [2.45, 2.75) is 32.4 Å². The second-order valence-electron chi connectivity index (χ2n) is 4.81. The van der Waals surface area contributed by atoms with Crippen LogP contribution in [-0.4, -0.2) is 22.5 Å². The molecule has 0 aliphatic carbocycles. The highest BCUT2D eigenvalue weighted by Crippen LogP contribution is 2.13. The lowest BCUT2D eigenvalue weighted by Crippen LogP contribution is -2.52. The monoisotopic (exact) mass is 250 g/mol. The SMILES string of the molecule is Cc1ccc(C(N)C(=O)NC(C)(C)C(=O)O)cc1. The molecule has 1 amide bonds. The summed E-state index contributed by atoms with van der Waals surface area (Å²) in [7, 11) is 0. The number of hydrogen-bond acceptors (Lipinski definition) is 3. The van der Waals surface area contributed by atoms with E-state index in [4.69, 9.17) is 10.8 Å². The molecule has 0 heterocycles. The number of carboxylic acid groups (broad SMARTS) is 1. The molecule has 1 aromatic rings. The minimum atomic E-state index is -1.33. The highest BCUT2D eigenvalue weighted by atomic mass is 16.4. The summed E-state index contributed by atoms with van der Waals surface area (Å²) in [6.45, 7) is 4.76. The Labute approximate surface area is 106 Å². The van der Waals surface area contributed by atoms with E-state index in [-0.39, 0.29) is 0 Å². The van der Waals surface area contributed by atoms with Crippen molar-refractivity contribution in [3.63, 3.8) is 0 Å². The minimum Gasteiger partial charge on any atom is -0.480 e. The van der Waals surface area contributed by atoms with E-state index >= 15 is 0 Å². The van der Waals surface area contributed by atoms with Crippen LogP contribution in [0.4, 0.5) is 0 Å². The standard InChI is InChI=1S/C13H18N2O3/c1-8-4-6-9(7-5-8)10(14)11(16)15-13(2,3)12(17)18/h4-7,10H,14H2,1-3H3,(H,15,16)(H,17,18). The van der Waals surface area contributed by atoms with Crippen molar-refractivity contribution in [1.82, 2.24) is 5.32 Å². The van der Waals surface area contributed by atoms with Gasteiger partial charge in [0, 0.05) is 0 Å². The van der Waals surface area contributed by atoms with E-state index in [1.165, 1.54) is 13.8 Å². The Kier molecular flexibility index (Phi) is 4.08. The predicted molar refractivity (Wildman–Crippen MR) is 68.0 cm³/mol. The molecule has 4 N–H and O–H groups in total. The number of carbonyl (C=O) groups is 2. The lowest BCUT2D eigenvalue weighted by molar-refractivity contribution is -0.146. The van der Waals surface area contributed by atoms with Gasteiger partial charge in [-0.1, -0.05) is 29.8 Å². The van der Waals surface area contributed by atoms with Crippen molar-refractivity contribution in [1.29, 1.82) is 0 Å². The molecule has 5 heteroatoms. The number of carbonyl (C=O) groups excluding carboxylic acids is 1. The third-order valence-electron chi connectivity index (χ3n) is 2.69. The molecule has 98 valence electrons. The van der Waals surface area contributed by atoms with Gasteiger partial charge in [-0.2, -0.15) is 0 Å². The quantitative estimate of drug-likeness (QED) is 0.742. The summed E-state index contributed by atoms with van der Waals surface area (Å²) < 4.78 is 0. The first kappa shape index (κ1) is 14.2. The lowest BCUT2D eigenvalue weighted by atomic mass is 10.0. The summed E-state index contributed by atoms with van der Waals surface area (Å²) in [5.74, 6) is -1.61. The molecule has 1 atom stereocenters. The number of carboxylic acids is 1. The van der Waals surface area contributed by atoms with E-state index in [2.05, 4.69) is 5.32 Å². The van der Waals surface area contributed by atoms with Gasteiger partial charge in [0.05, 0.1) is 0 Å². The van der Waals surface area contributed by atoms with Crippen molar-refractivity contribution in [2.24, 2.45) is 5.73 Å². The lowest BCUT2D eigenvalue weighted by Gasteiger charge is -2.23. The minimum absolute atomic E-state index is 0.508. The van der Waals surface area contributed by atoms with E-state index in [0.29, 0.717) is 5.56 Å². The van der Waals surface area contributed by atoms with E-state index in [0.717, 1.165) is 5.56 Å². The van der Waals surface area contributed by atoms with Crippen LogP contribution in [0.5, 0.6) is 0 Å². The normalized spacial score (nSPS) is 12.9. The van der Waals surface area contributed by atoms with Gasteiger partial charge in [-0.05, 0) is 26.3 Å². The largest absolute Gasteiger partial charge is 0.480 e. The average molecular weight is 250 g/mol. The van der Waals surface area contributed by atoms with Crippen LogP contribution in [0, 0.1) is 6.92 Å². The van der Waals surface area contributed by atoms with Crippen LogP contribution in [0.1, 0.15) is 31.0 Å². The summed E-state index contributed by atoms with van der Waals surface area (Å²) in [4.78, 5) is 22.8. The van der Waals surface area contributed by atoms with Crippen molar-refractivity contribution >= 4 is 11.9 Å². The van der Waals surface area contributed by atoms with Gasteiger partial charge < -0.3 is 16.2 Å². The molecular formula is C13H18N2O3. The van der Waals surface area contributed by atoms with E-state index in [1.807, 2.05) is 19.1 Å². The molecule has 5 nitrogen and oxygen atoms in total. The van der Waals surface area contributed by atoms with Crippen LogP contribution in [0.25, 0.3) is 0 Å². The van der Waals surface area contributed by atoms with Gasteiger partial charge in [0.25, 0.3) is 0 Å². The smallest absolute Gasteiger partial charge is 0.328 e. The van der Waals surface area contributed by atoms with Gasteiger partial charge in [-0.25, -0.2) is 4.79 Å². The fourth-order valence-electron chi connectivity index (χ4n) is 1.36. The van der Waals surface area contributed by atoms with Gasteiger partial charge in [-0.15, -0.1) is 0 Å².